The summed E-state index contributed by atoms with van der Waals surface area (Å²) in [4.78, 5) is 25.2. The van der Waals surface area contributed by atoms with Crippen molar-refractivity contribution in [2.75, 3.05) is 25.0 Å². The van der Waals surface area contributed by atoms with E-state index >= 15 is 0 Å². The molecule has 1 aliphatic rings. The molecular formula is C15H21N3O2. The summed E-state index contributed by atoms with van der Waals surface area (Å²) in [7, 11) is 0. The van der Waals surface area contributed by atoms with Gasteiger partial charge in [-0.3, -0.25) is 14.5 Å². The third-order valence-electron chi connectivity index (χ3n) is 3.67. The molecular weight excluding hydrogens is 254 g/mol. The molecule has 1 heterocycles. The first-order valence-electron chi connectivity index (χ1n) is 6.96. The number of carbonyl (C=O) groups is 2. The van der Waals surface area contributed by atoms with E-state index in [-0.39, 0.29) is 5.91 Å². The van der Waals surface area contributed by atoms with Crippen molar-refractivity contribution < 1.29 is 9.59 Å². The number of primary amides is 1. The third-order valence-corrected chi connectivity index (χ3v) is 3.67. The summed E-state index contributed by atoms with van der Waals surface area (Å²) >= 11 is 0. The molecule has 1 fully saturated rings. The first-order valence-corrected chi connectivity index (χ1v) is 6.96. The van der Waals surface area contributed by atoms with E-state index in [0.29, 0.717) is 17.8 Å². The van der Waals surface area contributed by atoms with Gasteiger partial charge in [-0.1, -0.05) is 13.0 Å². The first kappa shape index (κ1) is 14.5. The van der Waals surface area contributed by atoms with Crippen LogP contribution >= 0.6 is 0 Å². The van der Waals surface area contributed by atoms with Gasteiger partial charge in [0, 0.05) is 11.3 Å². The van der Waals surface area contributed by atoms with E-state index in [0.717, 1.165) is 31.8 Å². The molecule has 0 atom stereocenters. The molecule has 0 aliphatic carbocycles. The van der Waals surface area contributed by atoms with Crippen LogP contribution in [0.5, 0.6) is 0 Å². The maximum absolute atomic E-state index is 12.0. The van der Waals surface area contributed by atoms with E-state index in [4.69, 9.17) is 5.73 Å². The van der Waals surface area contributed by atoms with Gasteiger partial charge >= 0.3 is 0 Å². The number of likely N-dealkylation sites (tertiary alicyclic amines) is 1. The lowest BCUT2D eigenvalue weighted by Gasteiger charge is -2.29. The van der Waals surface area contributed by atoms with Crippen LogP contribution in [-0.2, 0) is 4.79 Å². The number of carbonyl (C=O) groups excluding carboxylic acids is 2. The monoisotopic (exact) mass is 275 g/mol. The Morgan fingerprint density at radius 1 is 1.35 bits per heavy atom. The zero-order valence-corrected chi connectivity index (χ0v) is 11.8. The van der Waals surface area contributed by atoms with E-state index in [1.54, 1.807) is 24.3 Å². The highest BCUT2D eigenvalue weighted by molar-refractivity contribution is 5.96. The topological polar surface area (TPSA) is 75.4 Å². The number of benzene rings is 1. The molecule has 0 bridgehead atoms. The molecule has 1 aromatic rings. The summed E-state index contributed by atoms with van der Waals surface area (Å²) in [6, 6.07) is 6.68. The lowest BCUT2D eigenvalue weighted by Crippen LogP contribution is -2.38. The Hall–Kier alpha value is -1.88. The smallest absolute Gasteiger partial charge is 0.248 e. The van der Waals surface area contributed by atoms with Crippen LogP contribution in [0.15, 0.2) is 24.3 Å². The van der Waals surface area contributed by atoms with Crippen molar-refractivity contribution >= 4 is 17.5 Å². The molecule has 20 heavy (non-hydrogen) atoms. The van der Waals surface area contributed by atoms with E-state index in [9.17, 15) is 9.59 Å². The Kier molecular flexibility index (Phi) is 4.74. The molecule has 1 aromatic carbocycles. The SMILES string of the molecule is CC1CCN(CC(=O)Nc2cccc(C(N)=O)c2)CC1. The summed E-state index contributed by atoms with van der Waals surface area (Å²) < 4.78 is 0. The van der Waals surface area contributed by atoms with E-state index in [2.05, 4.69) is 17.1 Å². The number of rotatable bonds is 4. The van der Waals surface area contributed by atoms with Crippen molar-refractivity contribution in [3.05, 3.63) is 29.8 Å². The Morgan fingerprint density at radius 3 is 2.70 bits per heavy atom. The van der Waals surface area contributed by atoms with Crippen LogP contribution in [0.25, 0.3) is 0 Å². The minimum Gasteiger partial charge on any atom is -0.366 e. The number of hydrogen-bond acceptors (Lipinski definition) is 3. The minimum absolute atomic E-state index is 0.0545. The molecule has 108 valence electrons. The zero-order chi connectivity index (χ0) is 14.5. The fraction of sp³-hybridized carbons (Fsp3) is 0.467. The highest BCUT2D eigenvalue weighted by Gasteiger charge is 2.17. The maximum Gasteiger partial charge on any atom is 0.248 e. The van der Waals surface area contributed by atoms with Gasteiger partial charge in [0.2, 0.25) is 11.8 Å². The average molecular weight is 275 g/mol. The van der Waals surface area contributed by atoms with Gasteiger partial charge in [0.1, 0.15) is 0 Å². The van der Waals surface area contributed by atoms with Crippen molar-refractivity contribution in [2.45, 2.75) is 19.8 Å². The van der Waals surface area contributed by atoms with Crippen LogP contribution in [0.3, 0.4) is 0 Å². The van der Waals surface area contributed by atoms with E-state index in [1.165, 1.54) is 0 Å². The number of nitrogens with two attached hydrogens (primary N) is 1. The third kappa shape index (κ3) is 4.06. The first-order chi connectivity index (χ1) is 9.54. The van der Waals surface area contributed by atoms with Crippen LogP contribution in [-0.4, -0.2) is 36.3 Å². The molecule has 3 N–H and O–H groups in total. The standard InChI is InChI=1S/C15H21N3O2/c1-11-5-7-18(8-6-11)10-14(19)17-13-4-2-3-12(9-13)15(16)20/h2-4,9,11H,5-8,10H2,1H3,(H2,16,20)(H,17,19). The van der Waals surface area contributed by atoms with Crippen molar-refractivity contribution in [1.82, 2.24) is 4.90 Å². The van der Waals surface area contributed by atoms with Crippen LogP contribution in [0.2, 0.25) is 0 Å². The highest BCUT2D eigenvalue weighted by Crippen LogP contribution is 2.16. The predicted molar refractivity (Wildman–Crippen MR) is 78.4 cm³/mol. The number of amides is 2. The second-order valence-electron chi connectivity index (χ2n) is 5.45. The largest absolute Gasteiger partial charge is 0.366 e. The average Bonchev–Trinajstić information content (AvgIpc) is 2.41. The molecule has 5 heteroatoms. The van der Waals surface area contributed by atoms with Crippen molar-refractivity contribution in [3.8, 4) is 0 Å². The number of piperidine rings is 1. The fourth-order valence-corrected chi connectivity index (χ4v) is 2.37. The quantitative estimate of drug-likeness (QED) is 0.873. The van der Waals surface area contributed by atoms with Gasteiger partial charge in [0.05, 0.1) is 6.54 Å². The summed E-state index contributed by atoms with van der Waals surface area (Å²) in [5.41, 5.74) is 6.22. The molecule has 0 unspecified atom stereocenters. The van der Waals surface area contributed by atoms with Gasteiger partial charge < -0.3 is 11.1 Å². The zero-order valence-electron chi connectivity index (χ0n) is 11.8. The van der Waals surface area contributed by atoms with Gasteiger partial charge in [-0.05, 0) is 50.0 Å². The predicted octanol–water partition coefficient (Wildman–Crippen LogP) is 1.46. The molecule has 2 rings (SSSR count). The summed E-state index contributed by atoms with van der Waals surface area (Å²) in [6.45, 7) is 4.58. The van der Waals surface area contributed by atoms with Crippen LogP contribution in [0.1, 0.15) is 30.1 Å². The second kappa shape index (κ2) is 6.52. The number of anilines is 1. The number of nitrogens with one attached hydrogen (secondary N) is 1. The van der Waals surface area contributed by atoms with Gasteiger partial charge in [-0.2, -0.15) is 0 Å². The van der Waals surface area contributed by atoms with Gasteiger partial charge in [-0.25, -0.2) is 0 Å². The lowest BCUT2D eigenvalue weighted by atomic mass is 9.99. The molecule has 1 aliphatic heterocycles. The van der Waals surface area contributed by atoms with E-state index in [1.807, 2.05) is 0 Å². The Bertz CT molecular complexity index is 494. The molecule has 0 radical (unpaired) electrons. The molecule has 0 saturated carbocycles. The summed E-state index contributed by atoms with van der Waals surface area (Å²) in [6.07, 6.45) is 2.29. The van der Waals surface area contributed by atoms with Crippen molar-refractivity contribution in [2.24, 2.45) is 11.7 Å². The fourth-order valence-electron chi connectivity index (χ4n) is 2.37. The Balaban J connectivity index is 1.88. The highest BCUT2D eigenvalue weighted by atomic mass is 16.2. The van der Waals surface area contributed by atoms with Crippen molar-refractivity contribution in [3.63, 3.8) is 0 Å². The van der Waals surface area contributed by atoms with Crippen LogP contribution < -0.4 is 11.1 Å². The summed E-state index contributed by atoms with van der Waals surface area (Å²) in [5.74, 6) is 0.203. The van der Waals surface area contributed by atoms with Gasteiger partial charge in [-0.15, -0.1) is 0 Å². The lowest BCUT2D eigenvalue weighted by molar-refractivity contribution is -0.117. The van der Waals surface area contributed by atoms with Crippen molar-refractivity contribution in [1.29, 1.82) is 0 Å². The summed E-state index contributed by atoms with van der Waals surface area (Å²) in [5, 5.41) is 2.81. The van der Waals surface area contributed by atoms with Gasteiger partial charge in [0.25, 0.3) is 0 Å². The van der Waals surface area contributed by atoms with Crippen LogP contribution in [0.4, 0.5) is 5.69 Å². The van der Waals surface area contributed by atoms with E-state index < -0.39 is 5.91 Å². The maximum atomic E-state index is 12.0. The minimum atomic E-state index is -0.494. The molecule has 5 nitrogen and oxygen atoms in total. The molecule has 1 saturated heterocycles. The number of nitrogens with zero attached hydrogens (tertiary/aromatic N) is 1. The van der Waals surface area contributed by atoms with Gasteiger partial charge in [0.15, 0.2) is 0 Å². The number of hydrogen-bond donors (Lipinski definition) is 2. The second-order valence-corrected chi connectivity index (χ2v) is 5.45. The molecule has 2 amide bonds. The van der Waals surface area contributed by atoms with Crippen LogP contribution in [0, 0.1) is 5.92 Å². The normalized spacial score (nSPS) is 16.9. The Morgan fingerprint density at radius 2 is 2.05 bits per heavy atom. The molecule has 0 spiro atoms. The Labute approximate surface area is 119 Å². The molecule has 0 aromatic heterocycles.